The smallest absolute Gasteiger partial charge is 0.234 e. The zero-order chi connectivity index (χ0) is 25.2. The maximum absolute atomic E-state index is 12.5. The standard InChI is InChI=1S/C23H26N6O5S/c1-15-13-16(2)29(26-15)20-14-21(25-17(3)24-20)34-19-9-7-18(8-10-19)27-35(32,33)12-11-28-22(30)5-4-6-23(28)31/h7-10,13-14,27H,4-6,11-12H2,1-3H3. The second-order valence-corrected chi connectivity index (χ2v) is 10.1. The number of imide groups is 1. The van der Waals surface area contributed by atoms with E-state index in [0.29, 0.717) is 35.4 Å². The van der Waals surface area contributed by atoms with Crippen LogP contribution in [0, 0.1) is 20.8 Å². The summed E-state index contributed by atoms with van der Waals surface area (Å²) in [5, 5.41) is 4.43. The molecule has 184 valence electrons. The van der Waals surface area contributed by atoms with E-state index in [4.69, 9.17) is 4.74 Å². The molecular weight excluding hydrogens is 472 g/mol. The first kappa shape index (κ1) is 24.3. The SMILES string of the molecule is Cc1cc(C)n(-c2cc(Oc3ccc(NS(=O)(=O)CCN4C(=O)CCCC4=O)cc3)nc(C)n2)n1. The summed E-state index contributed by atoms with van der Waals surface area (Å²) in [6, 6.07) is 9.94. The third-order valence-electron chi connectivity index (χ3n) is 5.34. The van der Waals surface area contributed by atoms with Crippen LogP contribution < -0.4 is 9.46 Å². The van der Waals surface area contributed by atoms with Crippen LogP contribution in [0.25, 0.3) is 5.82 Å². The molecule has 0 atom stereocenters. The zero-order valence-electron chi connectivity index (χ0n) is 19.7. The van der Waals surface area contributed by atoms with Gasteiger partial charge in [0.1, 0.15) is 11.6 Å². The molecule has 1 saturated heterocycles. The minimum absolute atomic E-state index is 0.168. The average Bonchev–Trinajstić information content (AvgIpc) is 3.12. The van der Waals surface area contributed by atoms with Crippen LogP contribution in [-0.4, -0.2) is 57.2 Å². The predicted molar refractivity (Wildman–Crippen MR) is 128 cm³/mol. The van der Waals surface area contributed by atoms with Crippen molar-refractivity contribution in [3.63, 3.8) is 0 Å². The van der Waals surface area contributed by atoms with E-state index in [2.05, 4.69) is 19.8 Å². The molecule has 1 aliphatic rings. The average molecular weight is 499 g/mol. The Morgan fingerprint density at radius 1 is 1.00 bits per heavy atom. The van der Waals surface area contributed by atoms with Gasteiger partial charge >= 0.3 is 0 Å². The van der Waals surface area contributed by atoms with Gasteiger partial charge in [-0.3, -0.25) is 19.2 Å². The van der Waals surface area contributed by atoms with Gasteiger partial charge in [0.15, 0.2) is 5.82 Å². The Morgan fingerprint density at radius 2 is 1.69 bits per heavy atom. The lowest BCUT2D eigenvalue weighted by molar-refractivity contribution is -0.147. The van der Waals surface area contributed by atoms with Crippen molar-refractivity contribution < 1.29 is 22.7 Å². The first-order valence-electron chi connectivity index (χ1n) is 11.1. The highest BCUT2D eigenvalue weighted by Crippen LogP contribution is 2.24. The number of amides is 2. The lowest BCUT2D eigenvalue weighted by Gasteiger charge is -2.24. The number of rotatable bonds is 8. The molecule has 4 rings (SSSR count). The van der Waals surface area contributed by atoms with Gasteiger partial charge in [-0.2, -0.15) is 10.1 Å². The van der Waals surface area contributed by atoms with Gasteiger partial charge in [0.05, 0.1) is 11.4 Å². The number of nitrogens with one attached hydrogen (secondary N) is 1. The molecule has 3 aromatic rings. The van der Waals surface area contributed by atoms with E-state index in [1.54, 1.807) is 41.9 Å². The van der Waals surface area contributed by atoms with Crippen LogP contribution in [0.15, 0.2) is 36.4 Å². The molecule has 0 bridgehead atoms. The van der Waals surface area contributed by atoms with Crippen LogP contribution in [0.3, 0.4) is 0 Å². The Balaban J connectivity index is 1.40. The summed E-state index contributed by atoms with van der Waals surface area (Å²) in [5.74, 6) is 0.822. The molecule has 0 saturated carbocycles. The summed E-state index contributed by atoms with van der Waals surface area (Å²) >= 11 is 0. The van der Waals surface area contributed by atoms with Crippen LogP contribution in [0.1, 0.15) is 36.5 Å². The van der Waals surface area contributed by atoms with Crippen molar-refractivity contribution in [2.24, 2.45) is 0 Å². The molecule has 0 unspecified atom stereocenters. The van der Waals surface area contributed by atoms with Crippen molar-refractivity contribution in [1.29, 1.82) is 0 Å². The maximum atomic E-state index is 12.5. The normalized spacial score (nSPS) is 14.3. The number of anilines is 1. The fourth-order valence-corrected chi connectivity index (χ4v) is 4.77. The molecule has 2 amide bonds. The van der Waals surface area contributed by atoms with Gasteiger partial charge in [0.25, 0.3) is 0 Å². The van der Waals surface area contributed by atoms with Gasteiger partial charge < -0.3 is 4.74 Å². The van der Waals surface area contributed by atoms with Crippen molar-refractivity contribution in [2.45, 2.75) is 40.0 Å². The van der Waals surface area contributed by atoms with Crippen molar-refractivity contribution in [3.05, 3.63) is 53.6 Å². The number of aryl methyl sites for hydroxylation is 3. The van der Waals surface area contributed by atoms with Gasteiger partial charge in [-0.1, -0.05) is 0 Å². The lowest BCUT2D eigenvalue weighted by atomic mass is 10.1. The molecule has 3 heterocycles. The van der Waals surface area contributed by atoms with Gasteiger partial charge in [-0.05, 0) is 57.5 Å². The first-order chi connectivity index (χ1) is 16.6. The van der Waals surface area contributed by atoms with Crippen molar-refractivity contribution in [2.75, 3.05) is 17.0 Å². The molecule has 0 radical (unpaired) electrons. The number of ether oxygens (including phenoxy) is 1. The fraction of sp³-hybridized carbons (Fsp3) is 0.348. The summed E-state index contributed by atoms with van der Waals surface area (Å²) in [6.07, 6.45) is 1.02. The molecular formula is C23H26N6O5S. The largest absolute Gasteiger partial charge is 0.439 e. The molecule has 0 spiro atoms. The highest BCUT2D eigenvalue weighted by atomic mass is 32.2. The first-order valence-corrected chi connectivity index (χ1v) is 12.8. The molecule has 1 fully saturated rings. The van der Waals surface area contributed by atoms with Gasteiger partial charge in [0, 0.05) is 36.8 Å². The molecule has 35 heavy (non-hydrogen) atoms. The van der Waals surface area contributed by atoms with Crippen LogP contribution in [-0.2, 0) is 19.6 Å². The van der Waals surface area contributed by atoms with E-state index in [-0.39, 0.29) is 37.0 Å². The molecule has 1 N–H and O–H groups in total. The Hall–Kier alpha value is -3.80. The quantitative estimate of drug-likeness (QED) is 0.468. The van der Waals surface area contributed by atoms with Gasteiger partial charge in [-0.15, -0.1) is 0 Å². The van der Waals surface area contributed by atoms with E-state index >= 15 is 0 Å². The molecule has 0 aliphatic carbocycles. The van der Waals surface area contributed by atoms with Crippen LogP contribution >= 0.6 is 0 Å². The summed E-state index contributed by atoms with van der Waals surface area (Å²) < 4.78 is 34.9. The van der Waals surface area contributed by atoms with Crippen molar-refractivity contribution >= 4 is 27.5 Å². The molecule has 11 nitrogen and oxygen atoms in total. The maximum Gasteiger partial charge on any atom is 0.234 e. The Morgan fingerprint density at radius 3 is 2.31 bits per heavy atom. The second kappa shape index (κ2) is 9.82. The molecule has 12 heteroatoms. The number of likely N-dealkylation sites (tertiary alicyclic amines) is 1. The zero-order valence-corrected chi connectivity index (χ0v) is 20.5. The highest BCUT2D eigenvalue weighted by Gasteiger charge is 2.27. The predicted octanol–water partition coefficient (Wildman–Crippen LogP) is 2.66. The van der Waals surface area contributed by atoms with Crippen molar-refractivity contribution in [3.8, 4) is 17.4 Å². The summed E-state index contributed by atoms with van der Waals surface area (Å²) in [6.45, 7) is 5.42. The van der Waals surface area contributed by atoms with Crippen molar-refractivity contribution in [1.82, 2.24) is 24.6 Å². The van der Waals surface area contributed by atoms with Gasteiger partial charge in [-0.25, -0.2) is 18.1 Å². The summed E-state index contributed by atoms with van der Waals surface area (Å²) in [5.41, 5.74) is 2.13. The topological polar surface area (TPSA) is 136 Å². The monoisotopic (exact) mass is 498 g/mol. The van der Waals surface area contributed by atoms with E-state index in [9.17, 15) is 18.0 Å². The minimum Gasteiger partial charge on any atom is -0.439 e. The highest BCUT2D eigenvalue weighted by molar-refractivity contribution is 7.92. The lowest BCUT2D eigenvalue weighted by Crippen LogP contribution is -2.43. The molecule has 1 aromatic carbocycles. The number of carbonyl (C=O) groups excluding carboxylic acids is 2. The number of piperidine rings is 1. The Labute approximate surface area is 203 Å². The minimum atomic E-state index is -3.76. The molecule has 1 aliphatic heterocycles. The third kappa shape index (κ3) is 6.01. The van der Waals surface area contributed by atoms with Crippen LogP contribution in [0.4, 0.5) is 5.69 Å². The Bertz CT molecular complexity index is 1350. The number of sulfonamides is 1. The van der Waals surface area contributed by atoms with E-state index in [1.807, 2.05) is 19.9 Å². The van der Waals surface area contributed by atoms with Crippen LogP contribution in [0.2, 0.25) is 0 Å². The summed E-state index contributed by atoms with van der Waals surface area (Å²) in [4.78, 5) is 33.5. The van der Waals surface area contributed by atoms with E-state index in [1.165, 1.54) is 0 Å². The number of nitrogens with zero attached hydrogens (tertiary/aromatic N) is 5. The fourth-order valence-electron chi connectivity index (χ4n) is 3.75. The van der Waals surface area contributed by atoms with Gasteiger partial charge in [0.2, 0.25) is 27.7 Å². The third-order valence-corrected chi connectivity index (χ3v) is 6.61. The number of aromatic nitrogens is 4. The van der Waals surface area contributed by atoms with Crippen LogP contribution in [0.5, 0.6) is 11.6 Å². The van der Waals surface area contributed by atoms with E-state index in [0.717, 1.165) is 16.3 Å². The number of carbonyl (C=O) groups is 2. The number of benzene rings is 1. The van der Waals surface area contributed by atoms with E-state index < -0.39 is 10.0 Å². The molecule has 2 aromatic heterocycles. The Kier molecular flexibility index (Phi) is 6.83. The number of hydrogen-bond acceptors (Lipinski definition) is 8. The second-order valence-electron chi connectivity index (χ2n) is 8.29. The summed E-state index contributed by atoms with van der Waals surface area (Å²) in [7, 11) is -3.76. The number of hydrogen-bond donors (Lipinski definition) is 1.